The molecule has 1 aromatic carbocycles. The number of nitrogens with zero attached hydrogens (tertiary/aromatic N) is 3. The van der Waals surface area contributed by atoms with Gasteiger partial charge in [-0.15, -0.1) is 5.10 Å². The predicted molar refractivity (Wildman–Crippen MR) is 83.0 cm³/mol. The summed E-state index contributed by atoms with van der Waals surface area (Å²) in [6, 6.07) is 9.91. The molecular formula is C14H14BrN5. The number of imidazole rings is 1. The van der Waals surface area contributed by atoms with Gasteiger partial charge in [0.2, 0.25) is 0 Å². The molecule has 0 fully saturated rings. The molecule has 3 rings (SSSR count). The summed E-state index contributed by atoms with van der Waals surface area (Å²) in [6.45, 7) is 2.47. The van der Waals surface area contributed by atoms with Gasteiger partial charge in [0.1, 0.15) is 0 Å². The molecule has 5 nitrogen and oxygen atoms in total. The Balaban J connectivity index is 1.91. The average Bonchev–Trinajstić information content (AvgIpc) is 2.85. The Labute approximate surface area is 125 Å². The molecule has 0 spiro atoms. The number of hydrogen-bond acceptors (Lipinski definition) is 4. The van der Waals surface area contributed by atoms with E-state index in [0.29, 0.717) is 6.54 Å². The maximum absolute atomic E-state index is 5.58. The van der Waals surface area contributed by atoms with E-state index in [2.05, 4.69) is 44.3 Å². The van der Waals surface area contributed by atoms with Crippen LogP contribution in [0.2, 0.25) is 0 Å². The molecule has 0 aliphatic carbocycles. The second-order valence-electron chi connectivity index (χ2n) is 4.55. The van der Waals surface area contributed by atoms with Gasteiger partial charge in [0, 0.05) is 16.7 Å². The molecule has 2 aromatic heterocycles. The lowest BCUT2D eigenvalue weighted by Crippen LogP contribution is -1.98. The van der Waals surface area contributed by atoms with Crippen LogP contribution in [-0.4, -0.2) is 14.6 Å². The van der Waals surface area contributed by atoms with Gasteiger partial charge in [-0.25, -0.2) is 9.50 Å². The minimum absolute atomic E-state index is 0.414. The normalized spacial score (nSPS) is 10.9. The second kappa shape index (κ2) is 5.22. The maximum atomic E-state index is 5.58. The van der Waals surface area contributed by atoms with Gasteiger partial charge in [-0.05, 0) is 36.8 Å². The van der Waals surface area contributed by atoms with Gasteiger partial charge in [0.15, 0.2) is 11.5 Å². The van der Waals surface area contributed by atoms with Crippen molar-refractivity contribution in [2.45, 2.75) is 13.5 Å². The quantitative estimate of drug-likeness (QED) is 0.774. The van der Waals surface area contributed by atoms with Gasteiger partial charge in [-0.3, -0.25) is 0 Å². The Hall–Kier alpha value is -1.92. The molecule has 0 aliphatic rings. The summed E-state index contributed by atoms with van der Waals surface area (Å²) < 4.78 is 2.80. The monoisotopic (exact) mass is 331 g/mol. The van der Waals surface area contributed by atoms with Crippen molar-refractivity contribution in [1.29, 1.82) is 0 Å². The molecule has 0 atom stereocenters. The molecule has 0 aliphatic heterocycles. The molecular weight excluding hydrogens is 318 g/mol. The minimum Gasteiger partial charge on any atom is -0.339 e. The van der Waals surface area contributed by atoms with E-state index in [1.54, 1.807) is 4.52 Å². The zero-order valence-electron chi connectivity index (χ0n) is 11.0. The number of rotatable bonds is 3. The summed E-state index contributed by atoms with van der Waals surface area (Å²) >= 11 is 3.52. The second-order valence-corrected chi connectivity index (χ2v) is 5.40. The lowest BCUT2D eigenvalue weighted by atomic mass is 10.2. The van der Waals surface area contributed by atoms with Gasteiger partial charge in [0.25, 0.3) is 0 Å². The van der Waals surface area contributed by atoms with Crippen LogP contribution in [0.5, 0.6) is 0 Å². The molecule has 0 amide bonds. The molecule has 3 N–H and O–H groups in total. The molecule has 0 saturated heterocycles. The van der Waals surface area contributed by atoms with Crippen molar-refractivity contribution in [1.82, 2.24) is 14.6 Å². The number of aryl methyl sites for hydroxylation is 1. The molecule has 6 heteroatoms. The highest BCUT2D eigenvalue weighted by atomic mass is 79.9. The smallest absolute Gasteiger partial charge is 0.153 e. The SMILES string of the molecule is Cc1ccc(Nc2ccc3nc(CN)cn3n2)cc1Br. The Kier molecular flexibility index (Phi) is 3.42. The molecule has 0 bridgehead atoms. The standard InChI is InChI=1S/C14H14BrN5/c1-9-2-3-10(6-12(9)15)17-13-4-5-14-18-11(7-16)8-20(14)19-13/h2-6,8H,7,16H2,1H3,(H,17,19). The van der Waals surface area contributed by atoms with Crippen LogP contribution < -0.4 is 11.1 Å². The van der Waals surface area contributed by atoms with Gasteiger partial charge in [-0.1, -0.05) is 22.0 Å². The molecule has 102 valence electrons. The fourth-order valence-electron chi connectivity index (χ4n) is 1.91. The van der Waals surface area contributed by atoms with Crippen LogP contribution in [0.25, 0.3) is 5.65 Å². The summed E-state index contributed by atoms with van der Waals surface area (Å²) in [4.78, 5) is 4.35. The lowest BCUT2D eigenvalue weighted by Gasteiger charge is -2.07. The number of nitrogens with one attached hydrogen (secondary N) is 1. The first-order valence-corrected chi connectivity index (χ1v) is 7.03. The third-order valence-electron chi connectivity index (χ3n) is 3.02. The van der Waals surface area contributed by atoms with Gasteiger partial charge in [0.05, 0.1) is 11.9 Å². The van der Waals surface area contributed by atoms with Gasteiger partial charge < -0.3 is 11.1 Å². The number of benzene rings is 1. The third-order valence-corrected chi connectivity index (χ3v) is 3.88. The van der Waals surface area contributed by atoms with Crippen LogP contribution >= 0.6 is 15.9 Å². The number of halogens is 1. The predicted octanol–water partition coefficient (Wildman–Crippen LogP) is 3.00. The fourth-order valence-corrected chi connectivity index (χ4v) is 2.29. The Morgan fingerprint density at radius 3 is 2.90 bits per heavy atom. The van der Waals surface area contributed by atoms with Crippen LogP contribution in [0, 0.1) is 6.92 Å². The highest BCUT2D eigenvalue weighted by molar-refractivity contribution is 9.10. The van der Waals surface area contributed by atoms with Crippen LogP contribution in [0.15, 0.2) is 41.0 Å². The largest absolute Gasteiger partial charge is 0.339 e. The number of aromatic nitrogens is 3. The number of anilines is 2. The molecule has 2 heterocycles. The Morgan fingerprint density at radius 2 is 2.15 bits per heavy atom. The summed E-state index contributed by atoms with van der Waals surface area (Å²) in [7, 11) is 0. The van der Waals surface area contributed by atoms with E-state index in [4.69, 9.17) is 5.73 Å². The maximum Gasteiger partial charge on any atom is 0.153 e. The Bertz CT molecular complexity index is 765. The van der Waals surface area contributed by atoms with Gasteiger partial charge >= 0.3 is 0 Å². The topological polar surface area (TPSA) is 68.2 Å². The van der Waals surface area contributed by atoms with E-state index in [9.17, 15) is 0 Å². The van der Waals surface area contributed by atoms with Crippen molar-refractivity contribution in [3.8, 4) is 0 Å². The van der Waals surface area contributed by atoms with Crippen LogP contribution in [0.3, 0.4) is 0 Å². The zero-order chi connectivity index (χ0) is 14.1. The fraction of sp³-hybridized carbons (Fsp3) is 0.143. The average molecular weight is 332 g/mol. The van der Waals surface area contributed by atoms with Crippen LogP contribution in [0.1, 0.15) is 11.3 Å². The van der Waals surface area contributed by atoms with E-state index in [1.807, 2.05) is 30.5 Å². The van der Waals surface area contributed by atoms with Crippen LogP contribution in [-0.2, 0) is 6.54 Å². The molecule has 0 saturated carbocycles. The van der Waals surface area contributed by atoms with Gasteiger partial charge in [-0.2, -0.15) is 0 Å². The highest BCUT2D eigenvalue weighted by Gasteiger charge is 2.03. The van der Waals surface area contributed by atoms with E-state index in [0.717, 1.165) is 27.3 Å². The highest BCUT2D eigenvalue weighted by Crippen LogP contribution is 2.23. The molecule has 0 unspecified atom stereocenters. The first-order chi connectivity index (χ1) is 9.65. The summed E-state index contributed by atoms with van der Waals surface area (Å²) in [6.07, 6.45) is 1.84. The van der Waals surface area contributed by atoms with E-state index >= 15 is 0 Å². The van der Waals surface area contributed by atoms with E-state index in [-0.39, 0.29) is 0 Å². The minimum atomic E-state index is 0.414. The summed E-state index contributed by atoms with van der Waals surface area (Å²) in [5, 5.41) is 7.73. The molecule has 3 aromatic rings. The summed E-state index contributed by atoms with van der Waals surface area (Å²) in [5.74, 6) is 0.759. The van der Waals surface area contributed by atoms with Crippen molar-refractivity contribution >= 4 is 33.1 Å². The van der Waals surface area contributed by atoms with Crippen molar-refractivity contribution in [2.24, 2.45) is 5.73 Å². The molecule has 0 radical (unpaired) electrons. The van der Waals surface area contributed by atoms with Crippen molar-refractivity contribution in [3.63, 3.8) is 0 Å². The first-order valence-electron chi connectivity index (χ1n) is 6.24. The number of nitrogens with two attached hydrogens (primary N) is 1. The van der Waals surface area contributed by atoms with Crippen molar-refractivity contribution in [3.05, 3.63) is 52.3 Å². The van der Waals surface area contributed by atoms with E-state index in [1.165, 1.54) is 5.56 Å². The van der Waals surface area contributed by atoms with E-state index < -0.39 is 0 Å². The molecule has 20 heavy (non-hydrogen) atoms. The van der Waals surface area contributed by atoms with Crippen LogP contribution in [0.4, 0.5) is 11.5 Å². The van der Waals surface area contributed by atoms with Crippen molar-refractivity contribution in [2.75, 3.05) is 5.32 Å². The third kappa shape index (κ3) is 2.52. The zero-order valence-corrected chi connectivity index (χ0v) is 12.6. The Morgan fingerprint density at radius 1 is 1.30 bits per heavy atom. The lowest BCUT2D eigenvalue weighted by molar-refractivity contribution is 0.934. The summed E-state index contributed by atoms with van der Waals surface area (Å²) in [5.41, 5.74) is 9.38. The first kappa shape index (κ1) is 13.1. The number of hydrogen-bond donors (Lipinski definition) is 2. The van der Waals surface area contributed by atoms with Crippen molar-refractivity contribution < 1.29 is 0 Å². The number of fused-ring (bicyclic) bond motifs is 1.